The molecular formula is C29H33F3N6O2. The summed E-state index contributed by atoms with van der Waals surface area (Å²) >= 11 is 0. The molecule has 0 bridgehead atoms. The van der Waals surface area contributed by atoms with Crippen LogP contribution in [-0.4, -0.2) is 41.5 Å². The van der Waals surface area contributed by atoms with Crippen LogP contribution in [0.2, 0.25) is 0 Å². The monoisotopic (exact) mass is 554 g/mol. The lowest BCUT2D eigenvalue weighted by Gasteiger charge is -2.47. The maximum Gasteiger partial charge on any atom is 0.418 e. The van der Waals surface area contributed by atoms with Crippen molar-refractivity contribution in [1.82, 2.24) is 23.7 Å². The van der Waals surface area contributed by atoms with Crippen molar-refractivity contribution in [1.29, 1.82) is 0 Å². The normalized spacial score (nSPS) is 22.9. The van der Waals surface area contributed by atoms with E-state index in [1.165, 1.54) is 17.0 Å². The van der Waals surface area contributed by atoms with Gasteiger partial charge in [0.1, 0.15) is 18.7 Å². The van der Waals surface area contributed by atoms with Gasteiger partial charge in [-0.2, -0.15) is 13.2 Å². The highest BCUT2D eigenvalue weighted by Crippen LogP contribution is 2.43. The molecule has 8 nitrogen and oxygen atoms in total. The van der Waals surface area contributed by atoms with Crippen LogP contribution in [-0.2, 0) is 19.8 Å². The van der Waals surface area contributed by atoms with Gasteiger partial charge in [0.2, 0.25) is 0 Å². The molecule has 0 radical (unpaired) electrons. The Morgan fingerprint density at radius 3 is 2.60 bits per heavy atom. The van der Waals surface area contributed by atoms with E-state index in [4.69, 9.17) is 0 Å². The molecule has 3 atom stereocenters. The Morgan fingerprint density at radius 2 is 1.95 bits per heavy atom. The van der Waals surface area contributed by atoms with Crippen LogP contribution in [0.15, 0.2) is 53.8 Å². The Kier molecular flexibility index (Phi) is 6.61. The number of imidazole rings is 1. The van der Waals surface area contributed by atoms with Crippen LogP contribution < -0.4 is 5.69 Å². The summed E-state index contributed by atoms with van der Waals surface area (Å²) in [6.07, 6.45) is 4.53. The van der Waals surface area contributed by atoms with Gasteiger partial charge in [0.25, 0.3) is 0 Å². The lowest BCUT2D eigenvalue weighted by atomic mass is 9.72. The molecule has 0 amide bonds. The van der Waals surface area contributed by atoms with Crippen molar-refractivity contribution in [2.75, 3.05) is 13.1 Å². The second-order valence-corrected chi connectivity index (χ2v) is 11.7. The van der Waals surface area contributed by atoms with Gasteiger partial charge in [-0.15, -0.1) is 10.2 Å². The zero-order chi connectivity index (χ0) is 28.2. The van der Waals surface area contributed by atoms with Crippen LogP contribution in [0.25, 0.3) is 11.2 Å². The number of fused-ring (bicyclic) bond motifs is 1. The van der Waals surface area contributed by atoms with Crippen molar-refractivity contribution in [3.05, 3.63) is 87.3 Å². The van der Waals surface area contributed by atoms with Crippen molar-refractivity contribution in [3.8, 4) is 5.69 Å². The van der Waals surface area contributed by atoms with Gasteiger partial charge in [0, 0.05) is 36.8 Å². The number of piperidine rings is 1. The zero-order valence-corrected chi connectivity index (χ0v) is 22.6. The third kappa shape index (κ3) is 4.85. The number of pyridine rings is 1. The van der Waals surface area contributed by atoms with Crippen LogP contribution in [0, 0.1) is 17.0 Å². The predicted molar refractivity (Wildman–Crippen MR) is 144 cm³/mol. The molecule has 1 aromatic carbocycles. The first-order chi connectivity index (χ1) is 19.0. The van der Waals surface area contributed by atoms with Gasteiger partial charge in [-0.3, -0.25) is 8.97 Å². The van der Waals surface area contributed by atoms with E-state index in [2.05, 4.69) is 10.2 Å². The molecule has 2 aliphatic rings. The lowest BCUT2D eigenvalue weighted by Crippen LogP contribution is -2.48. The van der Waals surface area contributed by atoms with E-state index in [0.717, 1.165) is 54.0 Å². The third-order valence-electron chi connectivity index (χ3n) is 8.66. The molecule has 2 fully saturated rings. The quantitative estimate of drug-likeness (QED) is 0.236. The molecule has 4 heterocycles. The molecule has 0 spiro atoms. The van der Waals surface area contributed by atoms with E-state index in [-0.39, 0.29) is 29.5 Å². The maximum absolute atomic E-state index is 14.3. The number of aryl methyl sites for hydroxylation is 1. The molecule has 1 unspecified atom stereocenters. The van der Waals surface area contributed by atoms with Crippen LogP contribution in [0.1, 0.15) is 67.5 Å². The van der Waals surface area contributed by atoms with E-state index in [1.54, 1.807) is 12.4 Å². The number of aromatic nitrogens is 5. The SMILES string of the molecule is C[C@H]1CCC[N+]([O-])(Cc2cc(C(F)(F)F)c3cn(-c4cccc([C@H](c5nncn5C)C5CCC5)c4)c(=O)n3c2)C1. The first-order valence-corrected chi connectivity index (χ1v) is 13.9. The largest absolute Gasteiger partial charge is 0.633 e. The van der Waals surface area contributed by atoms with Gasteiger partial charge < -0.3 is 14.4 Å². The molecule has 0 N–H and O–H groups in total. The molecule has 4 aromatic rings. The van der Waals surface area contributed by atoms with Crippen molar-refractivity contribution >= 4 is 5.52 Å². The molecule has 1 aliphatic carbocycles. The number of nitrogens with zero attached hydrogens (tertiary/aromatic N) is 6. The van der Waals surface area contributed by atoms with E-state index >= 15 is 0 Å². The summed E-state index contributed by atoms with van der Waals surface area (Å²) in [6.45, 7) is 2.61. The van der Waals surface area contributed by atoms with Crippen molar-refractivity contribution < 1.29 is 17.8 Å². The fourth-order valence-corrected chi connectivity index (χ4v) is 6.55. The van der Waals surface area contributed by atoms with Crippen molar-refractivity contribution in [2.45, 2.75) is 57.7 Å². The molecule has 1 aliphatic heterocycles. The fourth-order valence-electron chi connectivity index (χ4n) is 6.55. The van der Waals surface area contributed by atoms with Crippen molar-refractivity contribution in [2.24, 2.45) is 18.9 Å². The van der Waals surface area contributed by atoms with Crippen molar-refractivity contribution in [3.63, 3.8) is 0 Å². The third-order valence-corrected chi connectivity index (χ3v) is 8.66. The van der Waals surface area contributed by atoms with Gasteiger partial charge in [-0.1, -0.05) is 25.5 Å². The highest BCUT2D eigenvalue weighted by atomic mass is 19.4. The summed E-state index contributed by atoms with van der Waals surface area (Å²) < 4.78 is 46.4. The molecule has 3 aromatic heterocycles. The number of alkyl halides is 3. The van der Waals surface area contributed by atoms with E-state index in [0.29, 0.717) is 24.7 Å². The Balaban J connectivity index is 1.44. The number of benzene rings is 1. The van der Waals surface area contributed by atoms with E-state index in [9.17, 15) is 23.2 Å². The Bertz CT molecular complexity index is 1600. The van der Waals surface area contributed by atoms with Gasteiger partial charge in [0.15, 0.2) is 0 Å². The minimum atomic E-state index is -4.69. The van der Waals surface area contributed by atoms with E-state index in [1.807, 2.05) is 36.7 Å². The fraction of sp³-hybridized carbons (Fsp3) is 0.483. The second kappa shape index (κ2) is 9.88. The number of hydrogen-bond acceptors (Lipinski definition) is 4. The minimum absolute atomic E-state index is 0.0323. The highest BCUT2D eigenvalue weighted by molar-refractivity contribution is 5.58. The van der Waals surface area contributed by atoms with Gasteiger partial charge >= 0.3 is 11.9 Å². The number of hydroxylamine groups is 3. The Hall–Kier alpha value is -3.44. The number of quaternary nitrogens is 1. The molecule has 1 saturated carbocycles. The smallest absolute Gasteiger partial charge is 0.418 e. The van der Waals surface area contributed by atoms with Crippen LogP contribution in [0.4, 0.5) is 13.2 Å². The predicted octanol–water partition coefficient (Wildman–Crippen LogP) is 5.41. The summed E-state index contributed by atoms with van der Waals surface area (Å²) in [5, 5.41) is 21.8. The first kappa shape index (κ1) is 26.8. The lowest BCUT2D eigenvalue weighted by molar-refractivity contribution is -0.902. The summed E-state index contributed by atoms with van der Waals surface area (Å²) in [5.41, 5.74) is -0.133. The Morgan fingerprint density at radius 1 is 1.15 bits per heavy atom. The average Bonchev–Trinajstić information content (AvgIpc) is 3.42. The summed E-state index contributed by atoms with van der Waals surface area (Å²) in [5.74, 6) is 1.37. The molecule has 212 valence electrons. The first-order valence-electron chi connectivity index (χ1n) is 13.9. The zero-order valence-electron chi connectivity index (χ0n) is 22.6. The maximum atomic E-state index is 14.3. The topological polar surface area (TPSA) is 80.2 Å². The summed E-state index contributed by atoms with van der Waals surface area (Å²) in [7, 11) is 1.89. The standard InChI is InChI=1S/C29H33F3N6O2/c1-19-6-5-11-38(40,16-19)17-20-12-24(29(30,31)32)25-15-36(28(39)37(25)14-20)23-10-4-9-22(13-23)26(21-7-3-8-21)27-34-33-18-35(27)2/h4,9-10,12-15,18-19,21,26H,3,5-8,11,16-17H2,1-2H3/t19-,26+,38?/m0/s1. The number of rotatable bonds is 6. The number of halogens is 3. The van der Waals surface area contributed by atoms with Gasteiger partial charge in [-0.25, -0.2) is 4.79 Å². The molecule has 1 saturated heterocycles. The van der Waals surface area contributed by atoms with Crippen LogP contribution in [0.5, 0.6) is 0 Å². The van der Waals surface area contributed by atoms with Crippen LogP contribution >= 0.6 is 0 Å². The molecule has 6 rings (SSSR count). The van der Waals surface area contributed by atoms with E-state index < -0.39 is 22.1 Å². The summed E-state index contributed by atoms with van der Waals surface area (Å²) in [6, 6.07) is 8.41. The number of likely N-dealkylation sites (tertiary alicyclic amines) is 1. The Labute approximate surface area is 229 Å². The molecule has 40 heavy (non-hydrogen) atoms. The van der Waals surface area contributed by atoms with Gasteiger partial charge in [-0.05, 0) is 55.4 Å². The second-order valence-electron chi connectivity index (χ2n) is 11.7. The molecule has 11 heteroatoms. The molecular weight excluding hydrogens is 521 g/mol. The number of hydrogen-bond donors (Lipinski definition) is 0. The van der Waals surface area contributed by atoms with Crippen LogP contribution in [0.3, 0.4) is 0 Å². The summed E-state index contributed by atoms with van der Waals surface area (Å²) in [4.78, 5) is 13.6. The minimum Gasteiger partial charge on any atom is -0.633 e. The van der Waals surface area contributed by atoms with Gasteiger partial charge in [0.05, 0.1) is 29.9 Å². The highest BCUT2D eigenvalue weighted by Gasteiger charge is 2.36. The average molecular weight is 555 g/mol.